The van der Waals surface area contributed by atoms with Gasteiger partial charge in [0.15, 0.2) is 11.5 Å². The van der Waals surface area contributed by atoms with E-state index in [0.717, 1.165) is 39.5 Å². The summed E-state index contributed by atoms with van der Waals surface area (Å²) in [7, 11) is 3.29. The minimum atomic E-state index is 0.741. The zero-order chi connectivity index (χ0) is 14.8. The van der Waals surface area contributed by atoms with Crippen LogP contribution in [0.2, 0.25) is 5.02 Å². The number of aromatic nitrogens is 1. The maximum Gasteiger partial charge on any atom is 0.161 e. The van der Waals surface area contributed by atoms with Crippen LogP contribution in [0.15, 0.2) is 48.7 Å². The van der Waals surface area contributed by atoms with Gasteiger partial charge < -0.3 is 14.0 Å². The molecule has 0 bridgehead atoms. The van der Waals surface area contributed by atoms with Gasteiger partial charge in [0.25, 0.3) is 0 Å². The highest BCUT2D eigenvalue weighted by Crippen LogP contribution is 2.28. The Bertz CT molecular complexity index is 780. The molecule has 108 valence electrons. The van der Waals surface area contributed by atoms with Crippen LogP contribution >= 0.6 is 11.6 Å². The SMILES string of the molecule is COc1ccc(Cn2ccc3cc(Cl)ccc32)cc1OC. The summed E-state index contributed by atoms with van der Waals surface area (Å²) in [6.45, 7) is 0.769. The monoisotopic (exact) mass is 301 g/mol. The van der Waals surface area contributed by atoms with E-state index in [1.54, 1.807) is 14.2 Å². The van der Waals surface area contributed by atoms with Crippen LogP contribution in [0, 0.1) is 0 Å². The lowest BCUT2D eigenvalue weighted by atomic mass is 10.2. The van der Waals surface area contributed by atoms with Crippen molar-refractivity contribution in [1.82, 2.24) is 4.57 Å². The van der Waals surface area contributed by atoms with Crippen LogP contribution in [0.1, 0.15) is 5.56 Å². The Morgan fingerprint density at radius 2 is 1.76 bits per heavy atom. The number of benzene rings is 2. The summed E-state index contributed by atoms with van der Waals surface area (Å²) < 4.78 is 12.8. The highest BCUT2D eigenvalue weighted by molar-refractivity contribution is 6.31. The topological polar surface area (TPSA) is 23.4 Å². The summed E-state index contributed by atoms with van der Waals surface area (Å²) in [4.78, 5) is 0. The van der Waals surface area contributed by atoms with E-state index in [1.807, 2.05) is 36.4 Å². The van der Waals surface area contributed by atoms with Gasteiger partial charge in [-0.1, -0.05) is 17.7 Å². The first-order chi connectivity index (χ1) is 10.2. The Morgan fingerprint density at radius 3 is 2.52 bits per heavy atom. The molecule has 2 aromatic carbocycles. The molecule has 21 heavy (non-hydrogen) atoms. The third-order valence-electron chi connectivity index (χ3n) is 3.53. The number of nitrogens with zero attached hydrogens (tertiary/aromatic N) is 1. The Labute approximate surface area is 128 Å². The lowest BCUT2D eigenvalue weighted by molar-refractivity contribution is 0.354. The summed E-state index contributed by atoms with van der Waals surface area (Å²) in [6, 6.07) is 14.0. The van der Waals surface area contributed by atoms with Crippen molar-refractivity contribution < 1.29 is 9.47 Å². The van der Waals surface area contributed by atoms with E-state index >= 15 is 0 Å². The molecule has 0 saturated carbocycles. The van der Waals surface area contributed by atoms with Gasteiger partial charge in [-0.2, -0.15) is 0 Å². The minimum absolute atomic E-state index is 0.741. The molecule has 0 aliphatic rings. The van der Waals surface area contributed by atoms with Crippen molar-refractivity contribution in [3.8, 4) is 11.5 Å². The fourth-order valence-corrected chi connectivity index (χ4v) is 2.67. The lowest BCUT2D eigenvalue weighted by Crippen LogP contribution is -1.99. The van der Waals surface area contributed by atoms with E-state index in [9.17, 15) is 0 Å². The molecule has 3 rings (SSSR count). The van der Waals surface area contributed by atoms with Crippen molar-refractivity contribution in [1.29, 1.82) is 0 Å². The molecule has 0 spiro atoms. The van der Waals surface area contributed by atoms with E-state index in [2.05, 4.69) is 16.8 Å². The second-order valence-corrected chi connectivity index (χ2v) is 5.27. The second kappa shape index (κ2) is 5.70. The van der Waals surface area contributed by atoms with Gasteiger partial charge in [-0.15, -0.1) is 0 Å². The number of hydrogen-bond donors (Lipinski definition) is 0. The number of rotatable bonds is 4. The Hall–Kier alpha value is -2.13. The van der Waals surface area contributed by atoms with Crippen molar-refractivity contribution in [3.05, 3.63) is 59.2 Å². The predicted molar refractivity (Wildman–Crippen MR) is 85.6 cm³/mol. The zero-order valence-electron chi connectivity index (χ0n) is 12.0. The molecule has 0 fully saturated rings. The quantitative estimate of drug-likeness (QED) is 0.715. The fraction of sp³-hybridized carbons (Fsp3) is 0.176. The maximum absolute atomic E-state index is 6.02. The van der Waals surface area contributed by atoms with Gasteiger partial charge in [0.1, 0.15) is 0 Å². The standard InChI is InChI=1S/C17H16ClNO2/c1-20-16-6-3-12(9-17(16)21-2)11-19-8-7-13-10-14(18)4-5-15(13)19/h3-10H,11H2,1-2H3. The Balaban J connectivity index is 1.95. The van der Waals surface area contributed by atoms with Gasteiger partial charge in [0, 0.05) is 28.7 Å². The molecule has 0 aliphatic carbocycles. The first kappa shape index (κ1) is 13.8. The van der Waals surface area contributed by atoms with Crippen molar-refractivity contribution in [2.24, 2.45) is 0 Å². The molecule has 0 atom stereocenters. The van der Waals surface area contributed by atoms with E-state index in [-0.39, 0.29) is 0 Å². The van der Waals surface area contributed by atoms with Crippen molar-refractivity contribution in [2.75, 3.05) is 14.2 Å². The van der Waals surface area contributed by atoms with E-state index < -0.39 is 0 Å². The molecule has 1 aromatic heterocycles. The summed E-state index contributed by atoms with van der Waals surface area (Å²) in [5.41, 5.74) is 2.31. The van der Waals surface area contributed by atoms with Crippen LogP contribution in [0.25, 0.3) is 10.9 Å². The third kappa shape index (κ3) is 2.69. The number of halogens is 1. The van der Waals surface area contributed by atoms with Gasteiger partial charge in [0.05, 0.1) is 14.2 Å². The summed E-state index contributed by atoms with van der Waals surface area (Å²) >= 11 is 6.02. The van der Waals surface area contributed by atoms with Crippen molar-refractivity contribution in [3.63, 3.8) is 0 Å². The Kier molecular flexibility index (Phi) is 3.76. The molecule has 0 radical (unpaired) electrons. The molecule has 3 aromatic rings. The van der Waals surface area contributed by atoms with Gasteiger partial charge in [0.2, 0.25) is 0 Å². The zero-order valence-corrected chi connectivity index (χ0v) is 12.7. The van der Waals surface area contributed by atoms with E-state index in [0.29, 0.717) is 0 Å². The summed E-state index contributed by atoms with van der Waals surface area (Å²) in [5.74, 6) is 1.49. The lowest BCUT2D eigenvalue weighted by Gasteiger charge is -2.11. The number of fused-ring (bicyclic) bond motifs is 1. The van der Waals surface area contributed by atoms with Crippen molar-refractivity contribution >= 4 is 22.5 Å². The average molecular weight is 302 g/mol. The molecule has 0 saturated heterocycles. The van der Waals surface area contributed by atoms with Gasteiger partial charge in [-0.3, -0.25) is 0 Å². The van der Waals surface area contributed by atoms with Crippen LogP contribution in [-0.4, -0.2) is 18.8 Å². The smallest absolute Gasteiger partial charge is 0.161 e. The largest absolute Gasteiger partial charge is 0.493 e. The third-order valence-corrected chi connectivity index (χ3v) is 3.77. The number of ether oxygens (including phenoxy) is 2. The van der Waals surface area contributed by atoms with E-state index in [4.69, 9.17) is 21.1 Å². The van der Waals surface area contributed by atoms with Gasteiger partial charge >= 0.3 is 0 Å². The molecule has 0 aliphatic heterocycles. The fourth-order valence-electron chi connectivity index (χ4n) is 2.48. The molecular weight excluding hydrogens is 286 g/mol. The second-order valence-electron chi connectivity index (χ2n) is 4.84. The molecule has 0 amide bonds. The molecule has 0 unspecified atom stereocenters. The van der Waals surface area contributed by atoms with Gasteiger partial charge in [-0.25, -0.2) is 0 Å². The molecule has 4 heteroatoms. The maximum atomic E-state index is 6.02. The molecule has 1 heterocycles. The highest BCUT2D eigenvalue weighted by atomic mass is 35.5. The number of hydrogen-bond acceptors (Lipinski definition) is 2. The number of methoxy groups -OCH3 is 2. The van der Waals surface area contributed by atoms with Crippen molar-refractivity contribution in [2.45, 2.75) is 6.54 Å². The van der Waals surface area contributed by atoms with Crippen LogP contribution in [0.5, 0.6) is 11.5 Å². The minimum Gasteiger partial charge on any atom is -0.493 e. The van der Waals surface area contributed by atoms with Crippen LogP contribution in [-0.2, 0) is 6.54 Å². The molecular formula is C17H16ClNO2. The normalized spacial score (nSPS) is 10.8. The summed E-state index contributed by atoms with van der Waals surface area (Å²) in [5, 5.41) is 1.90. The van der Waals surface area contributed by atoms with Crippen LogP contribution in [0.3, 0.4) is 0 Å². The van der Waals surface area contributed by atoms with E-state index in [1.165, 1.54) is 0 Å². The first-order valence-electron chi connectivity index (χ1n) is 6.66. The molecule has 0 N–H and O–H groups in total. The predicted octanol–water partition coefficient (Wildman–Crippen LogP) is 4.36. The molecule has 3 nitrogen and oxygen atoms in total. The average Bonchev–Trinajstić information content (AvgIpc) is 2.89. The highest BCUT2D eigenvalue weighted by Gasteiger charge is 2.07. The van der Waals surface area contributed by atoms with Crippen LogP contribution in [0.4, 0.5) is 0 Å². The van der Waals surface area contributed by atoms with Crippen LogP contribution < -0.4 is 9.47 Å². The first-order valence-corrected chi connectivity index (χ1v) is 7.04. The Morgan fingerprint density at radius 1 is 0.952 bits per heavy atom. The summed E-state index contributed by atoms with van der Waals surface area (Å²) in [6.07, 6.45) is 2.07. The van der Waals surface area contributed by atoms with Gasteiger partial charge in [-0.05, 0) is 42.0 Å².